The zero-order valence-corrected chi connectivity index (χ0v) is 13.7. The van der Waals surface area contributed by atoms with Crippen LogP contribution < -0.4 is 10.2 Å². The summed E-state index contributed by atoms with van der Waals surface area (Å²) in [5.41, 5.74) is 1.37. The summed E-state index contributed by atoms with van der Waals surface area (Å²) in [6.07, 6.45) is 3.65. The molecule has 3 rings (SSSR count). The first-order valence-corrected chi connectivity index (χ1v) is 8.13. The van der Waals surface area contributed by atoms with Gasteiger partial charge in [0, 0.05) is 29.9 Å². The average Bonchev–Trinajstić information content (AvgIpc) is 3.44. The van der Waals surface area contributed by atoms with Crippen molar-refractivity contribution in [3.63, 3.8) is 0 Å². The number of carbonyl (C=O) groups is 1. The Kier molecular flexibility index (Phi) is 4.79. The van der Waals surface area contributed by atoms with Gasteiger partial charge in [0.15, 0.2) is 0 Å². The second-order valence-corrected chi connectivity index (χ2v) is 5.95. The van der Waals surface area contributed by atoms with Gasteiger partial charge >= 0.3 is 0 Å². The van der Waals surface area contributed by atoms with Crippen LogP contribution in [0.3, 0.4) is 0 Å². The fraction of sp³-hybridized carbons (Fsp3) is 0.211. The molecule has 2 aromatic carbocycles. The van der Waals surface area contributed by atoms with Crippen molar-refractivity contribution in [2.24, 2.45) is 0 Å². The van der Waals surface area contributed by atoms with Crippen LogP contribution >= 0.6 is 0 Å². The highest BCUT2D eigenvalue weighted by Gasteiger charge is 2.26. The van der Waals surface area contributed by atoms with Crippen molar-refractivity contribution in [1.29, 1.82) is 0 Å². The van der Waals surface area contributed by atoms with E-state index in [0.717, 1.165) is 18.5 Å². The van der Waals surface area contributed by atoms with Gasteiger partial charge in [-0.3, -0.25) is 14.9 Å². The Balaban J connectivity index is 1.93. The normalized spacial score (nSPS) is 13.1. The Bertz CT molecular complexity index is 801. The number of nitrogens with zero attached hydrogens (tertiary/aromatic N) is 2. The van der Waals surface area contributed by atoms with E-state index >= 15 is 0 Å². The molecule has 1 aliphatic carbocycles. The SMILES string of the molecule is C=CCN(C(=O)c1ccc(NC2CC2)c([N+](=O)[O-])c1)c1ccccc1. The van der Waals surface area contributed by atoms with E-state index in [0.29, 0.717) is 18.3 Å². The molecule has 1 saturated carbocycles. The van der Waals surface area contributed by atoms with Crippen molar-refractivity contribution in [3.8, 4) is 0 Å². The van der Waals surface area contributed by atoms with Gasteiger partial charge in [0.1, 0.15) is 5.69 Å². The van der Waals surface area contributed by atoms with Crippen LogP contribution in [0.1, 0.15) is 23.2 Å². The lowest BCUT2D eigenvalue weighted by atomic mass is 10.1. The molecular weight excluding hydrogens is 318 g/mol. The number of hydrogen-bond acceptors (Lipinski definition) is 4. The van der Waals surface area contributed by atoms with Gasteiger partial charge in [0.05, 0.1) is 4.92 Å². The molecule has 1 fully saturated rings. The number of hydrogen-bond donors (Lipinski definition) is 1. The summed E-state index contributed by atoms with van der Waals surface area (Å²) in [5, 5.41) is 14.5. The number of nitro groups is 1. The third-order valence-electron chi connectivity index (χ3n) is 4.00. The molecule has 128 valence electrons. The first-order valence-electron chi connectivity index (χ1n) is 8.13. The smallest absolute Gasteiger partial charge is 0.293 e. The Morgan fingerprint density at radius 2 is 2.00 bits per heavy atom. The van der Waals surface area contributed by atoms with Gasteiger partial charge < -0.3 is 10.2 Å². The number of benzene rings is 2. The summed E-state index contributed by atoms with van der Waals surface area (Å²) in [4.78, 5) is 25.4. The summed E-state index contributed by atoms with van der Waals surface area (Å²) >= 11 is 0. The molecule has 1 N–H and O–H groups in total. The molecule has 0 heterocycles. The van der Waals surface area contributed by atoms with Crippen LogP contribution in [-0.4, -0.2) is 23.4 Å². The molecule has 6 nitrogen and oxygen atoms in total. The molecule has 0 aromatic heterocycles. The summed E-state index contributed by atoms with van der Waals surface area (Å²) in [5.74, 6) is -0.299. The van der Waals surface area contributed by atoms with Crippen LogP contribution in [0.5, 0.6) is 0 Å². The van der Waals surface area contributed by atoms with E-state index in [1.807, 2.05) is 30.3 Å². The molecule has 0 bridgehead atoms. The standard InChI is InChI=1S/C19H19N3O3/c1-2-12-21(16-6-4-3-5-7-16)19(23)14-8-11-17(20-15-9-10-15)18(13-14)22(24)25/h2-8,11,13,15,20H,1,9-10,12H2. The van der Waals surface area contributed by atoms with Gasteiger partial charge in [0.2, 0.25) is 0 Å². The predicted molar refractivity (Wildman–Crippen MR) is 98.1 cm³/mol. The molecule has 25 heavy (non-hydrogen) atoms. The maximum atomic E-state index is 12.9. The molecule has 1 aliphatic rings. The topological polar surface area (TPSA) is 75.5 Å². The predicted octanol–water partition coefficient (Wildman–Crippen LogP) is 4.00. The Morgan fingerprint density at radius 3 is 2.60 bits per heavy atom. The van der Waals surface area contributed by atoms with Crippen molar-refractivity contribution < 1.29 is 9.72 Å². The van der Waals surface area contributed by atoms with Crippen LogP contribution in [0.4, 0.5) is 17.1 Å². The number of nitrogens with one attached hydrogen (secondary N) is 1. The van der Waals surface area contributed by atoms with E-state index in [2.05, 4.69) is 11.9 Å². The molecule has 0 radical (unpaired) electrons. The number of carbonyl (C=O) groups excluding carboxylic acids is 1. The molecule has 0 saturated heterocycles. The first-order chi connectivity index (χ1) is 12.1. The minimum atomic E-state index is -0.456. The molecule has 0 aliphatic heterocycles. The summed E-state index contributed by atoms with van der Waals surface area (Å²) in [6, 6.07) is 14.0. The number of para-hydroxylation sites is 1. The zero-order valence-electron chi connectivity index (χ0n) is 13.7. The second kappa shape index (κ2) is 7.17. The van der Waals surface area contributed by atoms with Crippen LogP contribution in [0.25, 0.3) is 0 Å². The lowest BCUT2D eigenvalue weighted by molar-refractivity contribution is -0.384. The van der Waals surface area contributed by atoms with Crippen LogP contribution in [0, 0.1) is 10.1 Å². The van der Waals surface area contributed by atoms with E-state index in [9.17, 15) is 14.9 Å². The molecule has 0 atom stereocenters. The summed E-state index contributed by atoms with van der Waals surface area (Å²) < 4.78 is 0. The highest BCUT2D eigenvalue weighted by Crippen LogP contribution is 2.32. The maximum absolute atomic E-state index is 12.9. The minimum Gasteiger partial charge on any atom is -0.377 e. The third-order valence-corrected chi connectivity index (χ3v) is 4.00. The van der Waals surface area contributed by atoms with Gasteiger partial charge in [0.25, 0.3) is 11.6 Å². The minimum absolute atomic E-state index is 0.0793. The van der Waals surface area contributed by atoms with Gasteiger partial charge in [-0.1, -0.05) is 24.3 Å². The van der Waals surface area contributed by atoms with Crippen LogP contribution in [0.2, 0.25) is 0 Å². The lowest BCUT2D eigenvalue weighted by Crippen LogP contribution is -2.31. The highest BCUT2D eigenvalue weighted by atomic mass is 16.6. The highest BCUT2D eigenvalue weighted by molar-refractivity contribution is 6.07. The Hall–Kier alpha value is -3.15. The molecule has 0 unspecified atom stereocenters. The Labute approximate surface area is 145 Å². The number of rotatable bonds is 7. The van der Waals surface area contributed by atoms with E-state index in [-0.39, 0.29) is 17.2 Å². The van der Waals surface area contributed by atoms with E-state index in [1.165, 1.54) is 6.07 Å². The van der Waals surface area contributed by atoms with Crippen molar-refractivity contribution in [2.75, 3.05) is 16.8 Å². The Morgan fingerprint density at radius 1 is 1.28 bits per heavy atom. The number of nitro benzene ring substituents is 1. The van der Waals surface area contributed by atoms with Gasteiger partial charge in [-0.05, 0) is 37.1 Å². The van der Waals surface area contributed by atoms with E-state index in [1.54, 1.807) is 23.1 Å². The number of anilines is 2. The zero-order chi connectivity index (χ0) is 17.8. The lowest BCUT2D eigenvalue weighted by Gasteiger charge is -2.21. The molecular formula is C19H19N3O3. The second-order valence-electron chi connectivity index (χ2n) is 5.95. The van der Waals surface area contributed by atoms with Gasteiger partial charge in [-0.15, -0.1) is 6.58 Å². The van der Waals surface area contributed by atoms with Crippen molar-refractivity contribution in [2.45, 2.75) is 18.9 Å². The summed E-state index contributed by atoms with van der Waals surface area (Å²) in [6.45, 7) is 4.01. The molecule has 0 spiro atoms. The largest absolute Gasteiger partial charge is 0.377 e. The van der Waals surface area contributed by atoms with Crippen LogP contribution in [-0.2, 0) is 0 Å². The van der Waals surface area contributed by atoms with Crippen molar-refractivity contribution >= 4 is 23.0 Å². The average molecular weight is 337 g/mol. The molecule has 2 aromatic rings. The van der Waals surface area contributed by atoms with Crippen molar-refractivity contribution in [3.05, 3.63) is 76.9 Å². The molecule has 6 heteroatoms. The third kappa shape index (κ3) is 3.85. The quantitative estimate of drug-likeness (QED) is 0.471. The fourth-order valence-corrected chi connectivity index (χ4v) is 2.58. The molecule has 1 amide bonds. The monoisotopic (exact) mass is 337 g/mol. The van der Waals surface area contributed by atoms with Gasteiger partial charge in [-0.25, -0.2) is 0 Å². The summed E-state index contributed by atoms with van der Waals surface area (Å²) in [7, 11) is 0. The van der Waals surface area contributed by atoms with Crippen LogP contribution in [0.15, 0.2) is 61.2 Å². The van der Waals surface area contributed by atoms with Gasteiger partial charge in [-0.2, -0.15) is 0 Å². The number of amides is 1. The van der Waals surface area contributed by atoms with E-state index < -0.39 is 4.92 Å². The van der Waals surface area contributed by atoms with Crippen molar-refractivity contribution in [1.82, 2.24) is 0 Å². The first kappa shape index (κ1) is 16.7. The van der Waals surface area contributed by atoms with E-state index in [4.69, 9.17) is 0 Å². The maximum Gasteiger partial charge on any atom is 0.293 e. The fourth-order valence-electron chi connectivity index (χ4n) is 2.58.